The Bertz CT molecular complexity index is 855. The highest BCUT2D eigenvalue weighted by Gasteiger charge is 2.02. The van der Waals surface area contributed by atoms with Gasteiger partial charge < -0.3 is 8.83 Å². The maximum absolute atomic E-state index is 5.50. The van der Waals surface area contributed by atoms with Crippen LogP contribution in [0.5, 0.6) is 0 Å². The molecule has 0 N–H and O–H groups in total. The Balaban J connectivity index is 0.000000167. The van der Waals surface area contributed by atoms with Crippen LogP contribution in [0.3, 0.4) is 0 Å². The molecule has 2 aromatic carbocycles. The first kappa shape index (κ1) is 17.5. The van der Waals surface area contributed by atoms with Gasteiger partial charge in [-0.05, 0) is 36.8 Å². The third-order valence-corrected chi connectivity index (χ3v) is 3.29. The number of hydrogen-bond donors (Lipinski definition) is 0. The lowest BCUT2D eigenvalue weighted by atomic mass is 10.3. The number of oxazole rings is 2. The van der Waals surface area contributed by atoms with Gasteiger partial charge in [-0.3, -0.25) is 0 Å². The predicted molar refractivity (Wildman–Crippen MR) is 98.8 cm³/mol. The molecule has 4 aromatic rings. The van der Waals surface area contributed by atoms with Crippen LogP contribution in [-0.2, 0) is 6.42 Å². The van der Waals surface area contributed by atoms with E-state index in [4.69, 9.17) is 8.83 Å². The SMILES string of the molecule is C.C=Cc1nc2ccccc2o1.CCCc1nc2ccccc2o1. The fourth-order valence-corrected chi connectivity index (χ4v) is 2.22. The first-order valence-electron chi connectivity index (χ1n) is 7.62. The second-order valence-electron chi connectivity index (χ2n) is 5.05. The highest BCUT2D eigenvalue weighted by Crippen LogP contribution is 2.15. The van der Waals surface area contributed by atoms with Crippen molar-refractivity contribution in [3.8, 4) is 0 Å². The predicted octanol–water partition coefficient (Wildman–Crippen LogP) is 5.89. The highest BCUT2D eigenvalue weighted by molar-refractivity contribution is 5.73. The number of rotatable bonds is 3. The second-order valence-corrected chi connectivity index (χ2v) is 5.05. The van der Waals surface area contributed by atoms with Crippen molar-refractivity contribution in [2.45, 2.75) is 27.2 Å². The summed E-state index contributed by atoms with van der Waals surface area (Å²) in [6.07, 6.45) is 3.60. The van der Waals surface area contributed by atoms with Gasteiger partial charge in [-0.15, -0.1) is 0 Å². The monoisotopic (exact) mass is 322 g/mol. The Hall–Kier alpha value is -2.88. The smallest absolute Gasteiger partial charge is 0.219 e. The minimum Gasteiger partial charge on any atom is -0.441 e. The molecule has 0 saturated heterocycles. The number of nitrogens with zero attached hydrogens (tertiary/aromatic N) is 2. The molecule has 4 nitrogen and oxygen atoms in total. The zero-order chi connectivity index (χ0) is 16.1. The topological polar surface area (TPSA) is 52.1 Å². The summed E-state index contributed by atoms with van der Waals surface area (Å²) in [7, 11) is 0. The van der Waals surface area contributed by atoms with Gasteiger partial charge in [0.1, 0.15) is 11.0 Å². The van der Waals surface area contributed by atoms with Gasteiger partial charge in [0.25, 0.3) is 0 Å². The van der Waals surface area contributed by atoms with Crippen molar-refractivity contribution in [3.63, 3.8) is 0 Å². The minimum absolute atomic E-state index is 0. The number of fused-ring (bicyclic) bond motifs is 2. The van der Waals surface area contributed by atoms with Crippen molar-refractivity contribution in [2.75, 3.05) is 0 Å². The van der Waals surface area contributed by atoms with Gasteiger partial charge in [0, 0.05) is 6.42 Å². The number of aromatic nitrogens is 2. The van der Waals surface area contributed by atoms with E-state index in [0.717, 1.165) is 40.9 Å². The van der Waals surface area contributed by atoms with Crippen LogP contribution in [0.1, 0.15) is 32.6 Å². The standard InChI is InChI=1S/C10H11NO.C9H7NO.CH4/c1-2-5-10-11-8-6-3-4-7-9(8)12-10;1-2-9-10-7-5-3-4-6-8(7)11-9;/h3-4,6-7H,2,5H2,1H3;2-6H,1H2;1H4. The lowest BCUT2D eigenvalue weighted by molar-refractivity contribution is 0.525. The Morgan fingerprint density at radius 2 is 1.50 bits per heavy atom. The zero-order valence-electron chi connectivity index (χ0n) is 13.0. The van der Waals surface area contributed by atoms with E-state index in [1.54, 1.807) is 6.08 Å². The van der Waals surface area contributed by atoms with Crippen molar-refractivity contribution < 1.29 is 8.83 Å². The molecule has 0 bridgehead atoms. The zero-order valence-corrected chi connectivity index (χ0v) is 13.0. The number of aryl methyl sites for hydroxylation is 1. The van der Waals surface area contributed by atoms with Crippen LogP contribution in [0, 0.1) is 0 Å². The van der Waals surface area contributed by atoms with Crippen molar-refractivity contribution in [1.82, 2.24) is 9.97 Å². The number of benzene rings is 2. The first-order valence-corrected chi connectivity index (χ1v) is 7.62. The highest BCUT2D eigenvalue weighted by atomic mass is 16.4. The van der Waals surface area contributed by atoms with Crippen LogP contribution in [-0.4, -0.2) is 9.97 Å². The first-order chi connectivity index (χ1) is 11.3. The van der Waals surface area contributed by atoms with Crippen molar-refractivity contribution in [3.05, 3.63) is 66.9 Å². The normalized spacial score (nSPS) is 10.0. The molecule has 0 unspecified atom stereocenters. The van der Waals surface area contributed by atoms with E-state index in [1.807, 2.05) is 48.5 Å². The maximum atomic E-state index is 5.50. The van der Waals surface area contributed by atoms with Crippen LogP contribution in [0.2, 0.25) is 0 Å². The Morgan fingerprint density at radius 3 is 2.04 bits per heavy atom. The van der Waals surface area contributed by atoms with Gasteiger partial charge >= 0.3 is 0 Å². The summed E-state index contributed by atoms with van der Waals surface area (Å²) >= 11 is 0. The number of para-hydroxylation sites is 4. The summed E-state index contributed by atoms with van der Waals surface area (Å²) in [6.45, 7) is 5.69. The summed E-state index contributed by atoms with van der Waals surface area (Å²) in [5.41, 5.74) is 3.53. The van der Waals surface area contributed by atoms with Crippen LogP contribution in [0.4, 0.5) is 0 Å². The van der Waals surface area contributed by atoms with E-state index in [0.29, 0.717) is 5.89 Å². The second kappa shape index (κ2) is 8.11. The van der Waals surface area contributed by atoms with Gasteiger partial charge in [0.05, 0.1) is 0 Å². The third kappa shape index (κ3) is 3.90. The molecule has 0 aliphatic carbocycles. The van der Waals surface area contributed by atoms with E-state index < -0.39 is 0 Å². The summed E-state index contributed by atoms with van der Waals surface area (Å²) in [4.78, 5) is 8.48. The molecule has 0 saturated carbocycles. The van der Waals surface area contributed by atoms with Crippen LogP contribution in [0.25, 0.3) is 28.3 Å². The van der Waals surface area contributed by atoms with Gasteiger partial charge in [0.2, 0.25) is 5.89 Å². The summed E-state index contributed by atoms with van der Waals surface area (Å²) in [5, 5.41) is 0. The average molecular weight is 322 g/mol. The van der Waals surface area contributed by atoms with Gasteiger partial charge in [-0.2, -0.15) is 0 Å². The average Bonchev–Trinajstić information content (AvgIpc) is 3.18. The molecule has 0 aliphatic rings. The molecular formula is C20H22N2O2. The molecular weight excluding hydrogens is 300 g/mol. The Kier molecular flexibility index (Phi) is 5.90. The van der Waals surface area contributed by atoms with E-state index in [1.165, 1.54) is 0 Å². The lowest BCUT2D eigenvalue weighted by Crippen LogP contribution is -1.79. The van der Waals surface area contributed by atoms with Gasteiger partial charge in [0.15, 0.2) is 17.1 Å². The van der Waals surface area contributed by atoms with E-state index in [2.05, 4.69) is 23.5 Å². The molecule has 2 heterocycles. The van der Waals surface area contributed by atoms with Crippen LogP contribution >= 0.6 is 0 Å². The van der Waals surface area contributed by atoms with Crippen molar-refractivity contribution in [1.29, 1.82) is 0 Å². The van der Waals surface area contributed by atoms with Crippen molar-refractivity contribution in [2.24, 2.45) is 0 Å². The van der Waals surface area contributed by atoms with E-state index in [9.17, 15) is 0 Å². The fourth-order valence-electron chi connectivity index (χ4n) is 2.22. The molecule has 0 aliphatic heterocycles. The summed E-state index contributed by atoms with van der Waals surface area (Å²) in [6, 6.07) is 15.5. The molecule has 0 spiro atoms. The minimum atomic E-state index is 0. The molecule has 0 amide bonds. The van der Waals surface area contributed by atoms with Crippen molar-refractivity contribution >= 4 is 28.3 Å². The number of hydrogen-bond acceptors (Lipinski definition) is 4. The molecule has 2 aromatic heterocycles. The fraction of sp³-hybridized carbons (Fsp3) is 0.200. The quantitative estimate of drug-likeness (QED) is 0.472. The largest absolute Gasteiger partial charge is 0.441 e. The summed E-state index contributed by atoms with van der Waals surface area (Å²) in [5.74, 6) is 1.42. The molecule has 4 heteroatoms. The van der Waals surface area contributed by atoms with E-state index in [-0.39, 0.29) is 7.43 Å². The van der Waals surface area contributed by atoms with Gasteiger partial charge in [-0.25, -0.2) is 9.97 Å². The molecule has 0 radical (unpaired) electrons. The molecule has 0 fully saturated rings. The molecule has 24 heavy (non-hydrogen) atoms. The van der Waals surface area contributed by atoms with Crippen LogP contribution in [0.15, 0.2) is 63.9 Å². The Morgan fingerprint density at radius 1 is 0.917 bits per heavy atom. The lowest BCUT2D eigenvalue weighted by Gasteiger charge is -1.85. The Labute approximate surface area is 141 Å². The molecule has 0 atom stereocenters. The van der Waals surface area contributed by atoms with E-state index >= 15 is 0 Å². The molecule has 124 valence electrons. The third-order valence-electron chi connectivity index (χ3n) is 3.29. The summed E-state index contributed by atoms with van der Waals surface area (Å²) < 4.78 is 10.8. The maximum Gasteiger partial charge on any atom is 0.219 e. The van der Waals surface area contributed by atoms with Crippen LogP contribution < -0.4 is 0 Å². The van der Waals surface area contributed by atoms with Gasteiger partial charge in [-0.1, -0.05) is 45.2 Å². The molecule has 4 rings (SSSR count).